The summed E-state index contributed by atoms with van der Waals surface area (Å²) < 4.78 is 13.5. The summed E-state index contributed by atoms with van der Waals surface area (Å²) in [6, 6.07) is 6.07. The predicted molar refractivity (Wildman–Crippen MR) is 112 cm³/mol. The van der Waals surface area contributed by atoms with Gasteiger partial charge >= 0.3 is 0 Å². The summed E-state index contributed by atoms with van der Waals surface area (Å²) in [5.41, 5.74) is 1.22. The molecule has 1 N–H and O–H groups in total. The smallest absolute Gasteiger partial charge is 0.220 e. The summed E-state index contributed by atoms with van der Waals surface area (Å²) in [5.74, 6) is 3.80. The highest BCUT2D eigenvalue weighted by Crippen LogP contribution is 2.31. The molecular formula is C22H31N5O3. The second-order valence-electron chi connectivity index (χ2n) is 8.27. The van der Waals surface area contributed by atoms with Gasteiger partial charge in [0.15, 0.2) is 17.3 Å². The van der Waals surface area contributed by atoms with Gasteiger partial charge in [-0.05, 0) is 23.6 Å². The highest BCUT2D eigenvalue weighted by molar-refractivity contribution is 5.75. The normalized spacial score (nSPS) is 17.3. The number of nitrogens with one attached hydrogen (secondary N) is 1. The number of ether oxygens (including phenoxy) is 2. The molecule has 0 saturated carbocycles. The topological polar surface area (TPSA) is 81.5 Å². The second-order valence-corrected chi connectivity index (χ2v) is 8.27. The van der Waals surface area contributed by atoms with Gasteiger partial charge in [0.2, 0.25) is 5.91 Å². The lowest BCUT2D eigenvalue weighted by atomic mass is 10.0. The molecule has 0 radical (unpaired) electrons. The van der Waals surface area contributed by atoms with Crippen molar-refractivity contribution >= 4 is 5.91 Å². The summed E-state index contributed by atoms with van der Waals surface area (Å²) in [4.78, 5) is 14.4. The molecule has 1 aromatic carbocycles. The maximum absolute atomic E-state index is 12.0. The summed E-state index contributed by atoms with van der Waals surface area (Å²) in [7, 11) is 0. The van der Waals surface area contributed by atoms with E-state index in [-0.39, 0.29) is 17.9 Å². The number of hydrogen-bond acceptors (Lipinski definition) is 6. The van der Waals surface area contributed by atoms with Gasteiger partial charge in [-0.3, -0.25) is 9.69 Å². The van der Waals surface area contributed by atoms with E-state index in [0.29, 0.717) is 19.6 Å². The summed E-state index contributed by atoms with van der Waals surface area (Å²) in [6.07, 6.45) is 1.30. The van der Waals surface area contributed by atoms with E-state index in [0.717, 1.165) is 55.7 Å². The number of amides is 1. The molecule has 30 heavy (non-hydrogen) atoms. The number of carbonyl (C=O) groups excluding carboxylic acids is 1. The van der Waals surface area contributed by atoms with Gasteiger partial charge in [-0.25, -0.2) is 0 Å². The van der Waals surface area contributed by atoms with Crippen molar-refractivity contribution in [1.29, 1.82) is 0 Å². The van der Waals surface area contributed by atoms with Crippen molar-refractivity contribution in [3.63, 3.8) is 0 Å². The van der Waals surface area contributed by atoms with Crippen LogP contribution in [0.25, 0.3) is 0 Å². The minimum absolute atomic E-state index is 0.0416. The largest absolute Gasteiger partial charge is 0.486 e. The molecular weight excluding hydrogens is 382 g/mol. The van der Waals surface area contributed by atoms with Gasteiger partial charge in [0.1, 0.15) is 19.0 Å². The van der Waals surface area contributed by atoms with Gasteiger partial charge in [-0.2, -0.15) is 0 Å². The number of carbonyl (C=O) groups is 1. The van der Waals surface area contributed by atoms with E-state index < -0.39 is 0 Å². The molecule has 0 aliphatic carbocycles. The van der Waals surface area contributed by atoms with Gasteiger partial charge in [0.05, 0.1) is 6.04 Å². The first kappa shape index (κ1) is 20.7. The van der Waals surface area contributed by atoms with Crippen LogP contribution in [0, 0.1) is 5.92 Å². The van der Waals surface area contributed by atoms with Crippen molar-refractivity contribution in [2.75, 3.05) is 26.3 Å². The van der Waals surface area contributed by atoms with Crippen molar-refractivity contribution in [3.8, 4) is 11.5 Å². The van der Waals surface area contributed by atoms with Crippen LogP contribution < -0.4 is 14.8 Å². The van der Waals surface area contributed by atoms with E-state index in [4.69, 9.17) is 9.47 Å². The highest BCUT2D eigenvalue weighted by atomic mass is 16.6. The third-order valence-electron chi connectivity index (χ3n) is 5.74. The van der Waals surface area contributed by atoms with Gasteiger partial charge in [-0.15, -0.1) is 10.2 Å². The van der Waals surface area contributed by atoms with E-state index in [1.54, 1.807) is 0 Å². The second kappa shape index (κ2) is 9.04. The zero-order valence-corrected chi connectivity index (χ0v) is 18.1. The average molecular weight is 414 g/mol. The number of hydrogen-bond donors (Lipinski definition) is 1. The van der Waals surface area contributed by atoms with Crippen LogP contribution in [0.5, 0.6) is 11.5 Å². The molecule has 0 saturated heterocycles. The summed E-state index contributed by atoms with van der Waals surface area (Å²) in [5, 5.41) is 12.0. The molecule has 8 heteroatoms. The fourth-order valence-corrected chi connectivity index (χ4v) is 4.03. The third-order valence-corrected chi connectivity index (χ3v) is 5.74. The lowest BCUT2D eigenvalue weighted by Crippen LogP contribution is -2.34. The fourth-order valence-electron chi connectivity index (χ4n) is 4.03. The predicted octanol–water partition coefficient (Wildman–Crippen LogP) is 2.33. The minimum atomic E-state index is -0.122. The molecule has 3 heterocycles. The molecule has 1 unspecified atom stereocenters. The molecule has 2 aliphatic rings. The number of rotatable bonds is 6. The Morgan fingerprint density at radius 3 is 2.70 bits per heavy atom. The Morgan fingerprint density at radius 1 is 1.13 bits per heavy atom. The number of benzene rings is 1. The Bertz CT molecular complexity index is 895. The quantitative estimate of drug-likeness (QED) is 0.783. The van der Waals surface area contributed by atoms with Crippen molar-refractivity contribution < 1.29 is 14.3 Å². The molecule has 0 fully saturated rings. The molecule has 1 amide bonds. The lowest BCUT2D eigenvalue weighted by molar-refractivity contribution is -0.121. The standard InChI is InChI=1S/C22H31N5O3/c1-4-20(28)23-21(15(2)3)22-25-24-19-7-8-26(9-10-27(19)22)14-16-5-6-17-18(13-16)30-12-11-29-17/h5-6,13,15,21H,4,7-12,14H2,1-3H3,(H,23,28). The SMILES string of the molecule is CCC(=O)NC(c1nnc2n1CCN(Cc1ccc3c(c1)OCCO3)CC2)C(C)C. The third kappa shape index (κ3) is 4.43. The molecule has 1 aromatic heterocycles. The Hall–Kier alpha value is -2.61. The van der Waals surface area contributed by atoms with Gasteiger partial charge < -0.3 is 19.4 Å². The van der Waals surface area contributed by atoms with Crippen LogP contribution in [0.15, 0.2) is 18.2 Å². The fraction of sp³-hybridized carbons (Fsp3) is 0.591. The lowest BCUT2D eigenvalue weighted by Gasteiger charge is -2.24. The zero-order chi connectivity index (χ0) is 21.1. The molecule has 4 rings (SSSR count). The Labute approximate surface area is 177 Å². The van der Waals surface area contributed by atoms with Crippen molar-refractivity contribution in [3.05, 3.63) is 35.4 Å². The Kier molecular flexibility index (Phi) is 6.22. The van der Waals surface area contributed by atoms with Gasteiger partial charge in [0, 0.05) is 39.0 Å². The number of aromatic nitrogens is 3. The average Bonchev–Trinajstić information content (AvgIpc) is 3.05. The van der Waals surface area contributed by atoms with E-state index in [1.165, 1.54) is 5.56 Å². The zero-order valence-electron chi connectivity index (χ0n) is 18.1. The van der Waals surface area contributed by atoms with Gasteiger partial charge in [0.25, 0.3) is 0 Å². The monoisotopic (exact) mass is 413 g/mol. The van der Waals surface area contributed by atoms with Crippen LogP contribution in [-0.2, 0) is 24.3 Å². The van der Waals surface area contributed by atoms with Crippen LogP contribution in [0.2, 0.25) is 0 Å². The molecule has 8 nitrogen and oxygen atoms in total. The first-order valence-electron chi connectivity index (χ1n) is 10.9. The van der Waals surface area contributed by atoms with E-state index in [9.17, 15) is 4.79 Å². The van der Waals surface area contributed by atoms with E-state index in [2.05, 4.69) is 51.0 Å². The number of fused-ring (bicyclic) bond motifs is 2. The van der Waals surface area contributed by atoms with Crippen molar-refractivity contribution in [2.45, 2.75) is 52.7 Å². The van der Waals surface area contributed by atoms with Crippen LogP contribution >= 0.6 is 0 Å². The molecule has 2 aromatic rings. The molecule has 2 aliphatic heterocycles. The first-order chi connectivity index (χ1) is 14.5. The minimum Gasteiger partial charge on any atom is -0.486 e. The first-order valence-corrected chi connectivity index (χ1v) is 10.9. The molecule has 162 valence electrons. The summed E-state index contributed by atoms with van der Waals surface area (Å²) >= 11 is 0. The maximum atomic E-state index is 12.0. The Balaban J connectivity index is 1.45. The highest BCUT2D eigenvalue weighted by Gasteiger charge is 2.27. The van der Waals surface area contributed by atoms with Crippen LogP contribution in [-0.4, -0.2) is 51.9 Å². The Morgan fingerprint density at radius 2 is 1.93 bits per heavy atom. The number of nitrogens with zero attached hydrogens (tertiary/aromatic N) is 4. The van der Waals surface area contributed by atoms with Crippen molar-refractivity contribution in [2.24, 2.45) is 5.92 Å². The van der Waals surface area contributed by atoms with E-state index in [1.807, 2.05) is 13.0 Å². The van der Waals surface area contributed by atoms with Crippen LogP contribution in [0.3, 0.4) is 0 Å². The van der Waals surface area contributed by atoms with Gasteiger partial charge in [-0.1, -0.05) is 26.8 Å². The maximum Gasteiger partial charge on any atom is 0.220 e. The summed E-state index contributed by atoms with van der Waals surface area (Å²) in [6.45, 7) is 10.8. The molecule has 0 spiro atoms. The van der Waals surface area contributed by atoms with E-state index >= 15 is 0 Å². The molecule has 0 bridgehead atoms. The van der Waals surface area contributed by atoms with Crippen LogP contribution in [0.1, 0.15) is 50.4 Å². The van der Waals surface area contributed by atoms with Crippen LogP contribution in [0.4, 0.5) is 0 Å². The molecule has 1 atom stereocenters. The van der Waals surface area contributed by atoms with Crippen molar-refractivity contribution in [1.82, 2.24) is 25.0 Å².